The van der Waals surface area contributed by atoms with E-state index in [1.54, 1.807) is 7.11 Å². The molecule has 0 unspecified atom stereocenters. The van der Waals surface area contributed by atoms with Crippen LogP contribution < -0.4 is 4.74 Å². The Hall–Kier alpha value is -3.15. The Morgan fingerprint density at radius 1 is 0.958 bits per heavy atom. The topological polar surface area (TPSA) is 74.2 Å². The van der Waals surface area contributed by atoms with E-state index in [2.05, 4.69) is 15.2 Å². The lowest BCUT2D eigenvalue weighted by atomic mass is 10.1. The van der Waals surface area contributed by atoms with Crippen LogP contribution in [0.25, 0.3) is 22.6 Å². The summed E-state index contributed by atoms with van der Waals surface area (Å²) < 4.78 is 16.7. The van der Waals surface area contributed by atoms with E-state index < -0.39 is 0 Å². The number of fused-ring (bicyclic) bond motifs is 1. The van der Waals surface area contributed by atoms with E-state index in [1.165, 1.54) is 5.56 Å². The summed E-state index contributed by atoms with van der Waals surface area (Å²) >= 11 is 0. The summed E-state index contributed by atoms with van der Waals surface area (Å²) in [6, 6.07) is 13.5. The predicted octanol–water partition coefficient (Wildman–Crippen LogP) is 3.79. The molecule has 0 saturated carbocycles. The molecule has 0 aliphatic rings. The second-order valence-electron chi connectivity index (χ2n) is 5.46. The van der Waals surface area contributed by atoms with E-state index in [4.69, 9.17) is 13.6 Å². The number of benzene rings is 2. The molecular weight excluding hydrogens is 306 g/mol. The third-order valence-electron chi connectivity index (χ3n) is 3.71. The van der Waals surface area contributed by atoms with Crippen LogP contribution in [0.1, 0.15) is 17.3 Å². The van der Waals surface area contributed by atoms with Gasteiger partial charge in [0, 0.05) is 5.56 Å². The van der Waals surface area contributed by atoms with Gasteiger partial charge in [-0.25, -0.2) is 4.98 Å². The van der Waals surface area contributed by atoms with Gasteiger partial charge in [0.2, 0.25) is 17.7 Å². The maximum absolute atomic E-state index is 5.73. The molecule has 120 valence electrons. The van der Waals surface area contributed by atoms with Crippen molar-refractivity contribution in [3.05, 3.63) is 59.8 Å². The van der Waals surface area contributed by atoms with Crippen molar-refractivity contribution in [1.29, 1.82) is 0 Å². The fraction of sp³-hybridized carbons (Fsp3) is 0.167. The number of nitrogens with zero attached hydrogens (tertiary/aromatic N) is 3. The molecule has 0 atom stereocenters. The first-order valence-electron chi connectivity index (χ1n) is 7.55. The maximum atomic E-state index is 5.73. The van der Waals surface area contributed by atoms with Crippen molar-refractivity contribution in [1.82, 2.24) is 15.2 Å². The molecule has 4 aromatic rings. The van der Waals surface area contributed by atoms with Crippen LogP contribution in [-0.4, -0.2) is 22.3 Å². The highest BCUT2D eigenvalue weighted by Gasteiger charge is 2.14. The van der Waals surface area contributed by atoms with Crippen LogP contribution in [0.15, 0.2) is 51.3 Å². The zero-order chi connectivity index (χ0) is 16.5. The summed E-state index contributed by atoms with van der Waals surface area (Å²) in [6.45, 7) is 2.03. The van der Waals surface area contributed by atoms with Crippen LogP contribution in [-0.2, 0) is 6.42 Å². The van der Waals surface area contributed by atoms with Gasteiger partial charge in [0.15, 0.2) is 11.1 Å². The molecule has 0 amide bonds. The smallest absolute Gasteiger partial charge is 0.247 e. The van der Waals surface area contributed by atoms with Crippen molar-refractivity contribution >= 4 is 11.1 Å². The molecule has 2 aromatic carbocycles. The molecule has 6 nitrogen and oxygen atoms in total. The molecule has 2 heterocycles. The average Bonchev–Trinajstić information content (AvgIpc) is 3.22. The molecular formula is C18H15N3O3. The molecule has 0 aliphatic heterocycles. The summed E-state index contributed by atoms with van der Waals surface area (Å²) in [5.74, 6) is 2.12. The monoisotopic (exact) mass is 321 g/mol. The van der Waals surface area contributed by atoms with Gasteiger partial charge in [-0.2, -0.15) is 0 Å². The molecule has 0 bridgehead atoms. The lowest BCUT2D eigenvalue weighted by molar-refractivity contribution is 0.419. The Labute approximate surface area is 138 Å². The number of hydrogen-bond donors (Lipinski definition) is 0. The predicted molar refractivity (Wildman–Crippen MR) is 87.8 cm³/mol. The van der Waals surface area contributed by atoms with Gasteiger partial charge in [0.05, 0.1) is 7.11 Å². The van der Waals surface area contributed by atoms with Crippen molar-refractivity contribution in [2.45, 2.75) is 13.3 Å². The lowest BCUT2D eigenvalue weighted by Crippen LogP contribution is -1.88. The molecule has 0 radical (unpaired) electrons. The van der Waals surface area contributed by atoms with Crippen LogP contribution in [0.4, 0.5) is 0 Å². The maximum Gasteiger partial charge on any atom is 0.247 e. The summed E-state index contributed by atoms with van der Waals surface area (Å²) in [4.78, 5) is 4.45. The first-order valence-corrected chi connectivity index (χ1v) is 7.55. The van der Waals surface area contributed by atoms with Crippen LogP contribution in [0.3, 0.4) is 0 Å². The van der Waals surface area contributed by atoms with Gasteiger partial charge in [0.25, 0.3) is 0 Å². The lowest BCUT2D eigenvalue weighted by Gasteiger charge is -1.96. The summed E-state index contributed by atoms with van der Waals surface area (Å²) in [5, 5.41) is 8.16. The molecule has 0 N–H and O–H groups in total. The number of ether oxygens (including phenoxy) is 1. The second-order valence-corrected chi connectivity index (χ2v) is 5.46. The normalized spacial score (nSPS) is 11.1. The van der Waals surface area contributed by atoms with Gasteiger partial charge in [0.1, 0.15) is 12.2 Å². The fourth-order valence-corrected chi connectivity index (χ4v) is 2.48. The number of rotatable bonds is 4. The molecule has 0 fully saturated rings. The molecule has 0 saturated heterocycles. The summed E-state index contributed by atoms with van der Waals surface area (Å²) in [7, 11) is 1.61. The van der Waals surface area contributed by atoms with Crippen LogP contribution in [0.2, 0.25) is 0 Å². The summed E-state index contributed by atoms with van der Waals surface area (Å²) in [5.41, 5.74) is 3.42. The minimum Gasteiger partial charge on any atom is -0.494 e. The SMILES string of the molecule is COc1cccc2oc(Cc3nnc(-c4ccc(C)cc4)o3)nc12. The van der Waals surface area contributed by atoms with Crippen LogP contribution >= 0.6 is 0 Å². The fourth-order valence-electron chi connectivity index (χ4n) is 2.48. The van der Waals surface area contributed by atoms with Crippen molar-refractivity contribution in [3.8, 4) is 17.2 Å². The highest BCUT2D eigenvalue weighted by Crippen LogP contribution is 2.26. The highest BCUT2D eigenvalue weighted by atomic mass is 16.5. The third-order valence-corrected chi connectivity index (χ3v) is 3.71. The van der Waals surface area contributed by atoms with Crippen molar-refractivity contribution < 1.29 is 13.6 Å². The minimum absolute atomic E-state index is 0.330. The van der Waals surface area contributed by atoms with Gasteiger partial charge in [-0.05, 0) is 31.2 Å². The first-order chi connectivity index (χ1) is 11.7. The van der Waals surface area contributed by atoms with Crippen LogP contribution in [0.5, 0.6) is 5.75 Å². The number of aromatic nitrogens is 3. The largest absolute Gasteiger partial charge is 0.494 e. The summed E-state index contributed by atoms with van der Waals surface area (Å²) in [6.07, 6.45) is 0.330. The van der Waals surface area contributed by atoms with Crippen molar-refractivity contribution in [2.24, 2.45) is 0 Å². The Morgan fingerprint density at radius 3 is 2.58 bits per heavy atom. The van der Waals surface area contributed by atoms with Crippen LogP contribution in [0, 0.1) is 6.92 Å². The van der Waals surface area contributed by atoms with Gasteiger partial charge in [-0.1, -0.05) is 23.8 Å². The number of methoxy groups -OCH3 is 1. The molecule has 0 aliphatic carbocycles. The zero-order valence-corrected chi connectivity index (χ0v) is 13.3. The third kappa shape index (κ3) is 2.62. The van der Waals surface area contributed by atoms with Gasteiger partial charge in [-0.3, -0.25) is 0 Å². The van der Waals surface area contributed by atoms with E-state index in [0.717, 1.165) is 5.56 Å². The number of oxazole rings is 1. The Kier molecular flexibility index (Phi) is 3.49. The number of hydrogen-bond acceptors (Lipinski definition) is 6. The molecule has 2 aromatic heterocycles. The standard InChI is InChI=1S/C18H15N3O3/c1-11-6-8-12(9-7-11)18-21-20-16(24-18)10-15-19-17-13(22-2)4-3-5-14(17)23-15/h3-9H,10H2,1-2H3. The van der Waals surface area contributed by atoms with E-state index in [1.807, 2.05) is 49.4 Å². The Bertz CT molecular complexity index is 986. The van der Waals surface area contributed by atoms with Gasteiger partial charge < -0.3 is 13.6 Å². The molecule has 6 heteroatoms. The average molecular weight is 321 g/mol. The molecule has 4 rings (SSSR count). The van der Waals surface area contributed by atoms with E-state index in [9.17, 15) is 0 Å². The Balaban J connectivity index is 1.61. The van der Waals surface area contributed by atoms with Gasteiger partial charge >= 0.3 is 0 Å². The molecule has 24 heavy (non-hydrogen) atoms. The quantitative estimate of drug-likeness (QED) is 0.569. The zero-order valence-electron chi connectivity index (χ0n) is 13.3. The van der Waals surface area contributed by atoms with Gasteiger partial charge in [-0.15, -0.1) is 10.2 Å². The second kappa shape index (κ2) is 5.81. The minimum atomic E-state index is 0.330. The van der Waals surface area contributed by atoms with E-state index in [-0.39, 0.29) is 0 Å². The van der Waals surface area contributed by atoms with E-state index >= 15 is 0 Å². The first kappa shape index (κ1) is 14.4. The number of aryl methyl sites for hydroxylation is 1. The Morgan fingerprint density at radius 2 is 1.79 bits per heavy atom. The van der Waals surface area contributed by atoms with Crippen molar-refractivity contribution in [2.75, 3.05) is 7.11 Å². The number of para-hydroxylation sites is 1. The highest BCUT2D eigenvalue weighted by molar-refractivity contribution is 5.79. The van der Waals surface area contributed by atoms with E-state index in [0.29, 0.717) is 40.9 Å². The van der Waals surface area contributed by atoms with Crippen molar-refractivity contribution in [3.63, 3.8) is 0 Å². The molecule has 0 spiro atoms.